The van der Waals surface area contributed by atoms with Gasteiger partial charge in [-0.15, -0.1) is 0 Å². The summed E-state index contributed by atoms with van der Waals surface area (Å²) in [5.41, 5.74) is 0.271. The van der Waals surface area contributed by atoms with Crippen molar-refractivity contribution in [3.05, 3.63) is 69.8 Å². The molecule has 2 aromatic rings. The Hall–Kier alpha value is -3.31. The van der Waals surface area contributed by atoms with Crippen molar-refractivity contribution in [2.24, 2.45) is 0 Å². The minimum Gasteiger partial charge on any atom is -0.452 e. The second kappa shape index (κ2) is 9.26. The minimum absolute atomic E-state index is 0.0609. The molecule has 0 aromatic heterocycles. The summed E-state index contributed by atoms with van der Waals surface area (Å²) in [4.78, 5) is 33.9. The summed E-state index contributed by atoms with van der Waals surface area (Å²) in [6.07, 6.45) is 0. The van der Waals surface area contributed by atoms with Crippen molar-refractivity contribution in [2.45, 2.75) is 11.4 Å². The summed E-state index contributed by atoms with van der Waals surface area (Å²) >= 11 is 0. The number of nitro groups is 1. The fourth-order valence-electron chi connectivity index (χ4n) is 2.28. The summed E-state index contributed by atoms with van der Waals surface area (Å²) < 4.78 is 30.6. The van der Waals surface area contributed by atoms with Crippen molar-refractivity contribution in [3.8, 4) is 0 Å². The number of ether oxygens (including phenoxy) is 1. The molecule has 0 saturated carbocycles. The Morgan fingerprint density at radius 2 is 1.72 bits per heavy atom. The van der Waals surface area contributed by atoms with Gasteiger partial charge in [0.15, 0.2) is 6.61 Å². The van der Waals surface area contributed by atoms with Crippen LogP contribution in [-0.4, -0.2) is 50.2 Å². The lowest BCUT2D eigenvalue weighted by molar-refractivity contribution is -0.384. The molecule has 1 amide bonds. The Labute approximate surface area is 167 Å². The number of esters is 1. The van der Waals surface area contributed by atoms with Crippen LogP contribution in [0.1, 0.15) is 15.9 Å². The standard InChI is InChI=1S/C18H19N3O7S/c1-20(2)29(26,27)16-6-4-3-5-14(16)11-19-17(22)12-28-18(23)13-7-9-15(10-8-13)21(24)25/h3-10H,11-12H2,1-2H3,(H,19,22). The van der Waals surface area contributed by atoms with E-state index in [2.05, 4.69) is 5.32 Å². The zero-order valence-electron chi connectivity index (χ0n) is 15.7. The van der Waals surface area contributed by atoms with Crippen LogP contribution in [0.4, 0.5) is 5.69 Å². The third-order valence-electron chi connectivity index (χ3n) is 3.86. The predicted octanol–water partition coefficient (Wildman–Crippen LogP) is 1.32. The molecule has 0 aliphatic rings. The molecule has 0 radical (unpaired) electrons. The first-order valence-corrected chi connectivity index (χ1v) is 9.75. The quantitative estimate of drug-likeness (QED) is 0.386. The third kappa shape index (κ3) is 5.59. The average molecular weight is 421 g/mol. The highest BCUT2D eigenvalue weighted by atomic mass is 32.2. The van der Waals surface area contributed by atoms with E-state index in [0.29, 0.717) is 5.56 Å². The number of amides is 1. The molecule has 2 rings (SSSR count). The summed E-state index contributed by atoms with van der Waals surface area (Å²) in [6, 6.07) is 11.0. The maximum absolute atomic E-state index is 12.3. The number of nitrogens with zero attached hydrogens (tertiary/aromatic N) is 2. The Bertz CT molecular complexity index is 1020. The monoisotopic (exact) mass is 421 g/mol. The smallest absolute Gasteiger partial charge is 0.338 e. The molecule has 0 fully saturated rings. The fourth-order valence-corrected chi connectivity index (χ4v) is 3.39. The van der Waals surface area contributed by atoms with Crippen LogP contribution in [-0.2, 0) is 26.1 Å². The fraction of sp³-hybridized carbons (Fsp3) is 0.222. The molecule has 0 saturated heterocycles. The van der Waals surface area contributed by atoms with Crippen molar-refractivity contribution in [2.75, 3.05) is 20.7 Å². The third-order valence-corrected chi connectivity index (χ3v) is 5.77. The van der Waals surface area contributed by atoms with Crippen LogP contribution < -0.4 is 5.32 Å². The Balaban J connectivity index is 1.94. The van der Waals surface area contributed by atoms with Gasteiger partial charge in [0.25, 0.3) is 11.6 Å². The van der Waals surface area contributed by atoms with E-state index in [-0.39, 0.29) is 22.7 Å². The van der Waals surface area contributed by atoms with E-state index in [9.17, 15) is 28.1 Å². The number of benzene rings is 2. The highest BCUT2D eigenvalue weighted by Gasteiger charge is 2.21. The van der Waals surface area contributed by atoms with Gasteiger partial charge in [-0.2, -0.15) is 0 Å². The van der Waals surface area contributed by atoms with Gasteiger partial charge in [-0.1, -0.05) is 18.2 Å². The summed E-state index contributed by atoms with van der Waals surface area (Å²) in [7, 11) is -0.868. The van der Waals surface area contributed by atoms with Crippen LogP contribution in [0.2, 0.25) is 0 Å². The van der Waals surface area contributed by atoms with E-state index in [4.69, 9.17) is 4.74 Å². The molecular weight excluding hydrogens is 402 g/mol. The number of hydrogen-bond acceptors (Lipinski definition) is 7. The van der Waals surface area contributed by atoms with Crippen LogP contribution in [0.15, 0.2) is 53.4 Å². The molecule has 0 aliphatic heterocycles. The summed E-state index contributed by atoms with van der Waals surface area (Å²) in [5.74, 6) is -1.44. The van der Waals surface area contributed by atoms with Crippen LogP contribution in [0, 0.1) is 10.1 Å². The molecule has 10 nitrogen and oxygen atoms in total. The largest absolute Gasteiger partial charge is 0.452 e. The van der Waals surface area contributed by atoms with Gasteiger partial charge in [0.05, 0.1) is 15.4 Å². The molecule has 0 spiro atoms. The number of nitro benzene ring substituents is 1. The number of nitrogens with one attached hydrogen (secondary N) is 1. The molecule has 2 aromatic carbocycles. The van der Waals surface area contributed by atoms with E-state index in [1.165, 1.54) is 32.3 Å². The predicted molar refractivity (Wildman–Crippen MR) is 103 cm³/mol. The number of rotatable bonds is 8. The lowest BCUT2D eigenvalue weighted by Gasteiger charge is -2.15. The van der Waals surface area contributed by atoms with Gasteiger partial charge >= 0.3 is 5.97 Å². The first kappa shape index (κ1) is 22.0. The van der Waals surface area contributed by atoms with Gasteiger partial charge in [-0.05, 0) is 23.8 Å². The van der Waals surface area contributed by atoms with Crippen LogP contribution in [0.5, 0.6) is 0 Å². The van der Waals surface area contributed by atoms with Gasteiger partial charge in [0.2, 0.25) is 10.0 Å². The molecule has 29 heavy (non-hydrogen) atoms. The number of carbonyl (C=O) groups is 2. The first-order chi connectivity index (χ1) is 13.6. The van der Waals surface area contributed by atoms with E-state index in [1.807, 2.05) is 0 Å². The first-order valence-electron chi connectivity index (χ1n) is 8.31. The van der Waals surface area contributed by atoms with Crippen molar-refractivity contribution in [1.29, 1.82) is 0 Å². The van der Waals surface area contributed by atoms with Gasteiger partial charge in [0.1, 0.15) is 0 Å². The van der Waals surface area contributed by atoms with E-state index in [0.717, 1.165) is 16.4 Å². The van der Waals surface area contributed by atoms with Crippen molar-refractivity contribution in [1.82, 2.24) is 9.62 Å². The average Bonchev–Trinajstić information content (AvgIpc) is 2.70. The number of sulfonamides is 1. The molecule has 0 heterocycles. The van der Waals surface area contributed by atoms with E-state index in [1.54, 1.807) is 18.2 Å². The highest BCUT2D eigenvalue weighted by Crippen LogP contribution is 2.18. The highest BCUT2D eigenvalue weighted by molar-refractivity contribution is 7.89. The zero-order chi connectivity index (χ0) is 21.6. The zero-order valence-corrected chi connectivity index (χ0v) is 16.5. The molecular formula is C18H19N3O7S. The molecule has 0 unspecified atom stereocenters. The van der Waals surface area contributed by atoms with Crippen LogP contribution in [0.25, 0.3) is 0 Å². The second-order valence-electron chi connectivity index (χ2n) is 6.05. The Kier molecular flexibility index (Phi) is 7.02. The van der Waals surface area contributed by atoms with Crippen molar-refractivity contribution in [3.63, 3.8) is 0 Å². The van der Waals surface area contributed by atoms with Gasteiger partial charge < -0.3 is 10.1 Å². The maximum Gasteiger partial charge on any atom is 0.338 e. The normalized spacial score (nSPS) is 11.1. The topological polar surface area (TPSA) is 136 Å². The van der Waals surface area contributed by atoms with Crippen LogP contribution in [0.3, 0.4) is 0 Å². The molecule has 11 heteroatoms. The van der Waals surface area contributed by atoms with Gasteiger partial charge in [-0.3, -0.25) is 14.9 Å². The number of non-ortho nitro benzene ring substituents is 1. The molecule has 0 aliphatic carbocycles. The second-order valence-corrected chi connectivity index (χ2v) is 8.17. The van der Waals surface area contributed by atoms with Gasteiger partial charge in [-0.25, -0.2) is 17.5 Å². The Morgan fingerprint density at radius 3 is 2.31 bits per heavy atom. The SMILES string of the molecule is CN(C)S(=O)(=O)c1ccccc1CNC(=O)COC(=O)c1ccc([N+](=O)[O-])cc1. The van der Waals surface area contributed by atoms with Crippen LogP contribution >= 0.6 is 0 Å². The number of hydrogen-bond donors (Lipinski definition) is 1. The summed E-state index contributed by atoms with van der Waals surface area (Å²) in [5, 5.41) is 13.1. The molecule has 154 valence electrons. The minimum atomic E-state index is -3.68. The lowest BCUT2D eigenvalue weighted by atomic mass is 10.2. The van der Waals surface area contributed by atoms with E-state index < -0.39 is 33.4 Å². The van der Waals surface area contributed by atoms with Crippen molar-refractivity contribution >= 4 is 27.6 Å². The van der Waals surface area contributed by atoms with Crippen molar-refractivity contribution < 1.29 is 27.7 Å². The maximum atomic E-state index is 12.3. The lowest BCUT2D eigenvalue weighted by Crippen LogP contribution is -2.30. The molecule has 0 atom stereocenters. The number of carbonyl (C=O) groups excluding carboxylic acids is 2. The molecule has 0 bridgehead atoms. The van der Waals surface area contributed by atoms with Gasteiger partial charge in [0, 0.05) is 32.8 Å². The summed E-state index contributed by atoms with van der Waals surface area (Å²) in [6.45, 7) is -0.657. The Morgan fingerprint density at radius 1 is 1.10 bits per heavy atom. The molecule has 1 N–H and O–H groups in total. The van der Waals surface area contributed by atoms with E-state index >= 15 is 0 Å².